The molecule has 4 heteroatoms. The standard InChI is InChI=1S/C14H17ClO3/c1-18-10-6-7-11(12(15)8-10)13(14(16)17)9-4-2-3-5-9/h6-9,13H,2-5H2,1H3,(H,16,17). The zero-order chi connectivity index (χ0) is 13.1. The molecular formula is C14H17ClO3. The van der Waals surface area contributed by atoms with Gasteiger partial charge in [0.15, 0.2) is 0 Å². The van der Waals surface area contributed by atoms with E-state index in [9.17, 15) is 9.90 Å². The maximum Gasteiger partial charge on any atom is 0.311 e. The largest absolute Gasteiger partial charge is 0.497 e. The zero-order valence-corrected chi connectivity index (χ0v) is 11.1. The summed E-state index contributed by atoms with van der Waals surface area (Å²) >= 11 is 6.18. The number of benzene rings is 1. The maximum absolute atomic E-state index is 11.5. The summed E-state index contributed by atoms with van der Waals surface area (Å²) in [6.45, 7) is 0. The molecule has 1 N–H and O–H groups in total. The summed E-state index contributed by atoms with van der Waals surface area (Å²) < 4.78 is 5.08. The maximum atomic E-state index is 11.5. The Kier molecular flexibility index (Phi) is 4.12. The van der Waals surface area contributed by atoms with Gasteiger partial charge in [-0.05, 0) is 36.5 Å². The molecule has 0 aromatic heterocycles. The Morgan fingerprint density at radius 3 is 2.61 bits per heavy atom. The van der Waals surface area contributed by atoms with Gasteiger partial charge in [0.2, 0.25) is 0 Å². The molecule has 1 unspecified atom stereocenters. The molecule has 98 valence electrons. The van der Waals surface area contributed by atoms with Gasteiger partial charge < -0.3 is 9.84 Å². The van der Waals surface area contributed by atoms with Crippen molar-refractivity contribution < 1.29 is 14.6 Å². The van der Waals surface area contributed by atoms with E-state index in [1.165, 1.54) is 0 Å². The van der Waals surface area contributed by atoms with Crippen molar-refractivity contribution in [2.24, 2.45) is 5.92 Å². The summed E-state index contributed by atoms with van der Waals surface area (Å²) in [6.07, 6.45) is 4.17. The summed E-state index contributed by atoms with van der Waals surface area (Å²) in [5, 5.41) is 9.93. The van der Waals surface area contributed by atoms with Crippen molar-refractivity contribution in [2.75, 3.05) is 7.11 Å². The molecule has 1 saturated carbocycles. The van der Waals surface area contributed by atoms with Crippen molar-refractivity contribution in [3.05, 3.63) is 28.8 Å². The van der Waals surface area contributed by atoms with Gasteiger partial charge in [0, 0.05) is 5.02 Å². The molecule has 1 aromatic carbocycles. The summed E-state index contributed by atoms with van der Waals surface area (Å²) in [7, 11) is 1.57. The molecule has 0 heterocycles. The van der Waals surface area contributed by atoms with Crippen LogP contribution in [0.25, 0.3) is 0 Å². The molecule has 0 aliphatic heterocycles. The van der Waals surface area contributed by atoms with Crippen LogP contribution in [0.3, 0.4) is 0 Å². The highest BCUT2D eigenvalue weighted by atomic mass is 35.5. The molecule has 18 heavy (non-hydrogen) atoms. The number of halogens is 1. The monoisotopic (exact) mass is 268 g/mol. The quantitative estimate of drug-likeness (QED) is 0.906. The summed E-state index contributed by atoms with van der Waals surface area (Å²) in [4.78, 5) is 11.5. The molecule has 1 aromatic rings. The highest BCUT2D eigenvalue weighted by Gasteiger charge is 2.33. The SMILES string of the molecule is COc1ccc(C(C(=O)O)C2CCCC2)c(Cl)c1. The number of carbonyl (C=O) groups is 1. The van der Waals surface area contributed by atoms with E-state index in [1.807, 2.05) is 0 Å². The number of carboxylic acid groups (broad SMARTS) is 1. The van der Waals surface area contributed by atoms with Crippen molar-refractivity contribution in [1.29, 1.82) is 0 Å². The van der Waals surface area contributed by atoms with Gasteiger partial charge in [-0.3, -0.25) is 4.79 Å². The third kappa shape index (κ3) is 2.61. The molecule has 1 atom stereocenters. The predicted octanol–water partition coefficient (Wildman–Crippen LogP) is 3.71. The first kappa shape index (κ1) is 13.2. The number of methoxy groups -OCH3 is 1. The number of ether oxygens (including phenoxy) is 1. The van der Waals surface area contributed by atoms with Crippen LogP contribution in [0.4, 0.5) is 0 Å². The van der Waals surface area contributed by atoms with E-state index < -0.39 is 11.9 Å². The van der Waals surface area contributed by atoms with Gasteiger partial charge in [0.1, 0.15) is 5.75 Å². The van der Waals surface area contributed by atoms with E-state index in [2.05, 4.69) is 0 Å². The van der Waals surface area contributed by atoms with Crippen LogP contribution in [0.2, 0.25) is 5.02 Å². The average molecular weight is 269 g/mol. The van der Waals surface area contributed by atoms with E-state index in [0.29, 0.717) is 16.3 Å². The lowest BCUT2D eigenvalue weighted by Crippen LogP contribution is -2.20. The number of hydrogen-bond acceptors (Lipinski definition) is 2. The minimum absolute atomic E-state index is 0.202. The fourth-order valence-electron chi connectivity index (χ4n) is 2.77. The van der Waals surface area contributed by atoms with E-state index in [-0.39, 0.29) is 5.92 Å². The fourth-order valence-corrected chi connectivity index (χ4v) is 3.05. The lowest BCUT2D eigenvalue weighted by molar-refractivity contribution is -0.140. The lowest BCUT2D eigenvalue weighted by Gasteiger charge is -2.21. The summed E-state index contributed by atoms with van der Waals surface area (Å²) in [5.74, 6) is -0.424. The molecule has 0 amide bonds. The van der Waals surface area contributed by atoms with Gasteiger partial charge in [-0.2, -0.15) is 0 Å². The Morgan fingerprint density at radius 1 is 1.44 bits per heavy atom. The predicted molar refractivity (Wildman–Crippen MR) is 70.3 cm³/mol. The molecule has 1 aliphatic carbocycles. The van der Waals surface area contributed by atoms with Crippen molar-refractivity contribution in [3.8, 4) is 5.75 Å². The second-order valence-corrected chi connectivity index (χ2v) is 5.16. The van der Waals surface area contributed by atoms with Gasteiger partial charge in [-0.25, -0.2) is 0 Å². The number of hydrogen-bond donors (Lipinski definition) is 1. The number of aliphatic carboxylic acids is 1. The highest BCUT2D eigenvalue weighted by molar-refractivity contribution is 6.31. The number of rotatable bonds is 4. The minimum atomic E-state index is -0.783. The number of carboxylic acids is 1. The van der Waals surface area contributed by atoms with Crippen LogP contribution < -0.4 is 4.74 Å². The molecule has 1 aliphatic rings. The molecular weight excluding hydrogens is 252 g/mol. The van der Waals surface area contributed by atoms with Crippen molar-refractivity contribution in [3.63, 3.8) is 0 Å². The minimum Gasteiger partial charge on any atom is -0.497 e. The summed E-state index contributed by atoms with van der Waals surface area (Å²) in [6, 6.07) is 5.23. The molecule has 2 rings (SSSR count). The summed E-state index contributed by atoms with van der Waals surface area (Å²) in [5.41, 5.74) is 0.705. The van der Waals surface area contributed by atoms with E-state index >= 15 is 0 Å². The van der Waals surface area contributed by atoms with Crippen LogP contribution in [0, 0.1) is 5.92 Å². The zero-order valence-electron chi connectivity index (χ0n) is 10.4. The lowest BCUT2D eigenvalue weighted by atomic mass is 9.85. The molecule has 0 saturated heterocycles. The van der Waals surface area contributed by atoms with Crippen LogP contribution in [-0.4, -0.2) is 18.2 Å². The van der Waals surface area contributed by atoms with Crippen LogP contribution >= 0.6 is 11.6 Å². The van der Waals surface area contributed by atoms with Crippen molar-refractivity contribution in [2.45, 2.75) is 31.6 Å². The highest BCUT2D eigenvalue weighted by Crippen LogP contribution is 2.40. The second-order valence-electron chi connectivity index (χ2n) is 4.75. The third-order valence-electron chi connectivity index (χ3n) is 3.68. The molecule has 3 nitrogen and oxygen atoms in total. The smallest absolute Gasteiger partial charge is 0.311 e. The fraction of sp³-hybridized carbons (Fsp3) is 0.500. The molecule has 0 radical (unpaired) electrons. The Morgan fingerprint density at radius 2 is 2.11 bits per heavy atom. The third-order valence-corrected chi connectivity index (χ3v) is 4.01. The van der Waals surface area contributed by atoms with Crippen LogP contribution in [0.1, 0.15) is 37.2 Å². The van der Waals surface area contributed by atoms with Crippen LogP contribution in [0.5, 0.6) is 5.75 Å². The van der Waals surface area contributed by atoms with Crippen molar-refractivity contribution in [1.82, 2.24) is 0 Å². The van der Waals surface area contributed by atoms with E-state index in [4.69, 9.17) is 16.3 Å². The topological polar surface area (TPSA) is 46.5 Å². The Labute approximate surface area is 112 Å². The van der Waals surface area contributed by atoms with E-state index in [0.717, 1.165) is 25.7 Å². The Balaban J connectivity index is 2.33. The van der Waals surface area contributed by atoms with E-state index in [1.54, 1.807) is 25.3 Å². The second kappa shape index (κ2) is 5.61. The molecule has 1 fully saturated rings. The van der Waals surface area contributed by atoms with Crippen LogP contribution in [0.15, 0.2) is 18.2 Å². The average Bonchev–Trinajstić information content (AvgIpc) is 2.84. The van der Waals surface area contributed by atoms with Gasteiger partial charge in [0.05, 0.1) is 13.0 Å². The first-order valence-electron chi connectivity index (χ1n) is 6.19. The van der Waals surface area contributed by atoms with Gasteiger partial charge in [-0.1, -0.05) is 30.5 Å². The van der Waals surface area contributed by atoms with Crippen LogP contribution in [-0.2, 0) is 4.79 Å². The first-order chi connectivity index (χ1) is 8.63. The normalized spacial score (nSPS) is 17.7. The molecule has 0 bridgehead atoms. The first-order valence-corrected chi connectivity index (χ1v) is 6.57. The van der Waals surface area contributed by atoms with Gasteiger partial charge >= 0.3 is 5.97 Å². The van der Waals surface area contributed by atoms with Crippen molar-refractivity contribution >= 4 is 17.6 Å². The molecule has 0 spiro atoms. The Bertz CT molecular complexity index is 439. The Hall–Kier alpha value is -1.22. The van der Waals surface area contributed by atoms with Gasteiger partial charge in [-0.15, -0.1) is 0 Å². The van der Waals surface area contributed by atoms with Gasteiger partial charge in [0.25, 0.3) is 0 Å².